The van der Waals surface area contributed by atoms with Gasteiger partial charge in [0.1, 0.15) is 35.4 Å². The summed E-state index contributed by atoms with van der Waals surface area (Å²) in [5.74, 6) is 1.78. The normalized spacial score (nSPS) is 13.8. The molecule has 1 fully saturated rings. The number of aromatic hydroxyl groups is 2. The third kappa shape index (κ3) is 6.10. The minimum atomic E-state index is -0.293. The fourth-order valence-corrected chi connectivity index (χ4v) is 4.94. The molecule has 0 bridgehead atoms. The van der Waals surface area contributed by atoms with E-state index in [0.29, 0.717) is 18.1 Å². The van der Waals surface area contributed by atoms with Crippen LogP contribution in [0.25, 0.3) is 21.9 Å². The molecule has 1 saturated heterocycles. The Morgan fingerprint density at radius 2 is 1.62 bits per heavy atom. The molecule has 1 aliphatic rings. The summed E-state index contributed by atoms with van der Waals surface area (Å²) in [6.07, 6.45) is 3.85. The van der Waals surface area contributed by atoms with Gasteiger partial charge in [0.25, 0.3) is 5.91 Å². The van der Waals surface area contributed by atoms with Crippen molar-refractivity contribution in [1.82, 2.24) is 9.80 Å². The molecule has 0 atom stereocenters. The number of fused-ring (bicyclic) bond motifs is 1. The van der Waals surface area contributed by atoms with Crippen LogP contribution >= 0.6 is 0 Å². The molecular weight excluding hydrogens is 492 g/mol. The number of rotatable bonds is 8. The molecule has 1 amide bonds. The van der Waals surface area contributed by atoms with Crippen LogP contribution in [0.5, 0.6) is 28.7 Å². The number of hydrogen-bond donors (Lipinski definition) is 2. The molecule has 0 spiro atoms. The van der Waals surface area contributed by atoms with Crippen LogP contribution in [0.3, 0.4) is 0 Å². The maximum Gasteiger partial charge on any atom is 0.257 e. The lowest BCUT2D eigenvalue weighted by molar-refractivity contribution is 0.0824. The average molecular weight is 527 g/mol. The fourth-order valence-electron chi connectivity index (χ4n) is 4.94. The highest BCUT2D eigenvalue weighted by molar-refractivity contribution is 6.00. The van der Waals surface area contributed by atoms with Gasteiger partial charge in [0, 0.05) is 31.6 Å². The minimum Gasteiger partial charge on any atom is -0.508 e. The van der Waals surface area contributed by atoms with Crippen LogP contribution in [0.2, 0.25) is 0 Å². The van der Waals surface area contributed by atoms with Crippen LogP contribution < -0.4 is 9.47 Å². The Bertz CT molecular complexity index is 1460. The summed E-state index contributed by atoms with van der Waals surface area (Å²) in [7, 11) is 3.29. The predicted molar refractivity (Wildman–Crippen MR) is 153 cm³/mol. The fraction of sp³-hybridized carbons (Fsp3) is 0.281. The number of hydrogen-bond acceptors (Lipinski definition) is 6. The molecule has 0 unspecified atom stereocenters. The second-order valence-electron chi connectivity index (χ2n) is 10.1. The highest BCUT2D eigenvalue weighted by atomic mass is 16.5. The van der Waals surface area contributed by atoms with Crippen LogP contribution in [-0.2, 0) is 0 Å². The first kappa shape index (κ1) is 26.4. The lowest BCUT2D eigenvalue weighted by atomic mass is 9.97. The standard InChI is InChI=1S/C32H34N2O5/c1-33(2)32(37)29-21-23(7-15-30(29)36)27-13-6-22-20-24(35)8-14-28(22)31(27)39-26-11-9-25(10-12-26)38-19-18-34-16-4-3-5-17-34/h6-15,20-21,35-36H,3-5,16-19H2,1-2H3. The van der Waals surface area contributed by atoms with E-state index < -0.39 is 0 Å². The SMILES string of the molecule is CN(C)C(=O)c1cc(-c2ccc3cc(O)ccc3c2Oc2ccc(OCCN3CCCCC3)cc2)ccc1O. The number of carbonyl (C=O) groups excluding carboxylic acids is 1. The Morgan fingerprint density at radius 1 is 0.872 bits per heavy atom. The van der Waals surface area contributed by atoms with Gasteiger partial charge in [-0.2, -0.15) is 0 Å². The van der Waals surface area contributed by atoms with Crippen LogP contribution in [-0.4, -0.2) is 66.3 Å². The number of carbonyl (C=O) groups is 1. The molecule has 0 aliphatic carbocycles. The van der Waals surface area contributed by atoms with Gasteiger partial charge in [-0.1, -0.05) is 18.6 Å². The van der Waals surface area contributed by atoms with Crippen molar-refractivity contribution in [2.75, 3.05) is 40.3 Å². The van der Waals surface area contributed by atoms with Crippen LogP contribution in [0.15, 0.2) is 72.8 Å². The Morgan fingerprint density at radius 3 is 2.36 bits per heavy atom. The van der Waals surface area contributed by atoms with Crippen molar-refractivity contribution in [3.63, 3.8) is 0 Å². The van der Waals surface area contributed by atoms with Gasteiger partial charge in [-0.05, 0) is 97.5 Å². The van der Waals surface area contributed by atoms with E-state index in [2.05, 4.69) is 4.90 Å². The molecule has 1 heterocycles. The molecular formula is C32H34N2O5. The minimum absolute atomic E-state index is 0.0819. The molecule has 4 aromatic carbocycles. The van der Waals surface area contributed by atoms with Crippen molar-refractivity contribution in [1.29, 1.82) is 0 Å². The molecule has 1 aliphatic heterocycles. The van der Waals surface area contributed by atoms with Gasteiger partial charge in [-0.3, -0.25) is 9.69 Å². The van der Waals surface area contributed by atoms with E-state index >= 15 is 0 Å². The summed E-state index contributed by atoms with van der Waals surface area (Å²) in [5, 5.41) is 22.0. The first-order valence-corrected chi connectivity index (χ1v) is 13.3. The summed E-state index contributed by atoms with van der Waals surface area (Å²) in [6, 6.07) is 21.4. The summed E-state index contributed by atoms with van der Waals surface area (Å²) >= 11 is 0. The second-order valence-corrected chi connectivity index (χ2v) is 10.1. The van der Waals surface area contributed by atoms with E-state index in [0.717, 1.165) is 47.3 Å². The Balaban J connectivity index is 1.43. The zero-order valence-electron chi connectivity index (χ0n) is 22.4. The molecule has 5 rings (SSSR count). The highest BCUT2D eigenvalue weighted by Crippen LogP contribution is 2.41. The van der Waals surface area contributed by atoms with E-state index in [9.17, 15) is 15.0 Å². The molecule has 7 nitrogen and oxygen atoms in total. The number of phenols is 2. The maximum absolute atomic E-state index is 12.7. The van der Waals surface area contributed by atoms with E-state index in [1.807, 2.05) is 42.5 Å². The Hall–Kier alpha value is -4.23. The van der Waals surface area contributed by atoms with Crippen LogP contribution in [0, 0.1) is 0 Å². The Labute approximate surface area is 228 Å². The molecule has 7 heteroatoms. The number of phenolic OH excluding ortho intramolecular Hbond substituents is 2. The van der Waals surface area contributed by atoms with Crippen LogP contribution in [0.4, 0.5) is 0 Å². The van der Waals surface area contributed by atoms with Gasteiger partial charge in [0.2, 0.25) is 0 Å². The van der Waals surface area contributed by atoms with Gasteiger partial charge in [0.05, 0.1) is 5.56 Å². The number of likely N-dealkylation sites (tertiary alicyclic amines) is 1. The van der Waals surface area contributed by atoms with E-state index in [1.54, 1.807) is 38.4 Å². The van der Waals surface area contributed by atoms with Gasteiger partial charge in [-0.15, -0.1) is 0 Å². The van der Waals surface area contributed by atoms with Crippen molar-refractivity contribution < 1.29 is 24.5 Å². The number of nitrogens with zero attached hydrogens (tertiary/aromatic N) is 2. The maximum atomic E-state index is 12.7. The van der Waals surface area contributed by atoms with Gasteiger partial charge < -0.3 is 24.6 Å². The predicted octanol–water partition coefficient (Wildman–Crippen LogP) is 6.28. The topological polar surface area (TPSA) is 82.5 Å². The third-order valence-corrected chi connectivity index (χ3v) is 7.07. The van der Waals surface area contributed by atoms with Crippen molar-refractivity contribution in [3.8, 4) is 39.9 Å². The third-order valence-electron chi connectivity index (χ3n) is 7.07. The largest absolute Gasteiger partial charge is 0.508 e. The van der Waals surface area contributed by atoms with Crippen molar-refractivity contribution >= 4 is 16.7 Å². The number of piperidine rings is 1. The quantitative estimate of drug-likeness (QED) is 0.281. The zero-order chi connectivity index (χ0) is 27.4. The van der Waals surface area contributed by atoms with Crippen molar-refractivity contribution in [2.24, 2.45) is 0 Å². The number of amides is 1. The van der Waals surface area contributed by atoms with Gasteiger partial charge >= 0.3 is 0 Å². The van der Waals surface area contributed by atoms with Crippen molar-refractivity contribution in [3.05, 3.63) is 78.4 Å². The van der Waals surface area contributed by atoms with Gasteiger partial charge in [0.15, 0.2) is 0 Å². The summed E-state index contributed by atoms with van der Waals surface area (Å²) in [6.45, 7) is 3.86. The lowest BCUT2D eigenvalue weighted by Crippen LogP contribution is -2.33. The first-order valence-electron chi connectivity index (χ1n) is 13.3. The van der Waals surface area contributed by atoms with Crippen LogP contribution in [0.1, 0.15) is 29.6 Å². The van der Waals surface area contributed by atoms with E-state index in [4.69, 9.17) is 9.47 Å². The average Bonchev–Trinajstić information content (AvgIpc) is 2.94. The van der Waals surface area contributed by atoms with E-state index in [1.165, 1.54) is 30.2 Å². The van der Waals surface area contributed by atoms with Crippen molar-refractivity contribution in [2.45, 2.75) is 19.3 Å². The number of ether oxygens (including phenoxy) is 2. The molecule has 0 saturated carbocycles. The molecule has 2 N–H and O–H groups in total. The summed E-state index contributed by atoms with van der Waals surface area (Å²) < 4.78 is 12.4. The molecule has 4 aromatic rings. The van der Waals surface area contributed by atoms with Gasteiger partial charge in [-0.25, -0.2) is 0 Å². The smallest absolute Gasteiger partial charge is 0.257 e. The zero-order valence-corrected chi connectivity index (χ0v) is 22.4. The monoisotopic (exact) mass is 526 g/mol. The molecule has 202 valence electrons. The van der Waals surface area contributed by atoms with E-state index in [-0.39, 0.29) is 23.0 Å². The lowest BCUT2D eigenvalue weighted by Gasteiger charge is -2.26. The first-order chi connectivity index (χ1) is 18.9. The second kappa shape index (κ2) is 11.7. The Kier molecular flexibility index (Phi) is 7.89. The highest BCUT2D eigenvalue weighted by Gasteiger charge is 2.18. The molecule has 39 heavy (non-hydrogen) atoms. The summed E-state index contributed by atoms with van der Waals surface area (Å²) in [4.78, 5) is 16.5. The molecule has 0 radical (unpaired) electrons. The molecule has 0 aromatic heterocycles. The number of benzene rings is 4. The summed E-state index contributed by atoms with van der Waals surface area (Å²) in [5.41, 5.74) is 1.68.